The van der Waals surface area contributed by atoms with Crippen LogP contribution in [0.1, 0.15) is 23.2 Å². The fourth-order valence-corrected chi connectivity index (χ4v) is 2.75. The van der Waals surface area contributed by atoms with Crippen LogP contribution >= 0.6 is 15.9 Å². The van der Waals surface area contributed by atoms with Crippen LogP contribution in [0.25, 0.3) is 0 Å². The van der Waals surface area contributed by atoms with Gasteiger partial charge in [0.2, 0.25) is 5.91 Å². The van der Waals surface area contributed by atoms with Gasteiger partial charge in [-0.2, -0.15) is 0 Å². The highest BCUT2D eigenvalue weighted by atomic mass is 79.9. The van der Waals surface area contributed by atoms with E-state index in [-0.39, 0.29) is 17.6 Å². The van der Waals surface area contributed by atoms with E-state index in [0.717, 1.165) is 36.0 Å². The summed E-state index contributed by atoms with van der Waals surface area (Å²) in [5, 5.41) is 2.69. The van der Waals surface area contributed by atoms with E-state index in [1.54, 1.807) is 7.05 Å². The number of benzene rings is 1. The first kappa shape index (κ1) is 15.2. The zero-order valence-electron chi connectivity index (χ0n) is 11.6. The van der Waals surface area contributed by atoms with Crippen LogP contribution in [0.15, 0.2) is 28.7 Å². The van der Waals surface area contributed by atoms with Crippen LogP contribution in [0.2, 0.25) is 0 Å². The van der Waals surface area contributed by atoms with Crippen molar-refractivity contribution in [3.05, 3.63) is 34.3 Å². The number of rotatable bonds is 4. The third-order valence-corrected chi connectivity index (χ3v) is 4.27. The minimum absolute atomic E-state index is 0.0963. The van der Waals surface area contributed by atoms with Crippen LogP contribution in [-0.4, -0.2) is 43.3 Å². The zero-order chi connectivity index (χ0) is 14.5. The number of amides is 1. The second kappa shape index (κ2) is 6.99. The Morgan fingerprint density at radius 2 is 1.85 bits per heavy atom. The molecular weight excluding hydrogens is 320 g/mol. The highest BCUT2D eigenvalue weighted by molar-refractivity contribution is 9.10. The normalized spacial score (nSPS) is 16.9. The van der Waals surface area contributed by atoms with Crippen molar-refractivity contribution in [2.24, 2.45) is 5.92 Å². The van der Waals surface area contributed by atoms with Crippen molar-refractivity contribution in [2.45, 2.75) is 12.8 Å². The summed E-state index contributed by atoms with van der Waals surface area (Å²) >= 11 is 3.36. The first-order valence-electron chi connectivity index (χ1n) is 6.83. The van der Waals surface area contributed by atoms with Crippen LogP contribution in [0.5, 0.6) is 0 Å². The van der Waals surface area contributed by atoms with E-state index in [9.17, 15) is 9.59 Å². The zero-order valence-corrected chi connectivity index (χ0v) is 13.1. The summed E-state index contributed by atoms with van der Waals surface area (Å²) in [6.45, 7) is 2.04. The Morgan fingerprint density at radius 1 is 1.25 bits per heavy atom. The molecule has 1 fully saturated rings. The van der Waals surface area contributed by atoms with Gasteiger partial charge >= 0.3 is 0 Å². The van der Waals surface area contributed by atoms with E-state index < -0.39 is 0 Å². The molecule has 1 heterocycles. The molecule has 1 aliphatic rings. The highest BCUT2D eigenvalue weighted by Gasteiger charge is 2.25. The van der Waals surface area contributed by atoms with Crippen molar-refractivity contribution in [1.29, 1.82) is 0 Å². The van der Waals surface area contributed by atoms with Crippen molar-refractivity contribution >= 4 is 27.6 Å². The summed E-state index contributed by atoms with van der Waals surface area (Å²) in [6, 6.07) is 7.43. The largest absolute Gasteiger partial charge is 0.359 e. The summed E-state index contributed by atoms with van der Waals surface area (Å²) in [4.78, 5) is 25.8. The summed E-state index contributed by atoms with van der Waals surface area (Å²) in [7, 11) is 1.67. The molecule has 1 amide bonds. The Balaban J connectivity index is 1.85. The number of carbonyl (C=O) groups excluding carboxylic acids is 2. The molecule has 0 spiro atoms. The number of halogens is 1. The monoisotopic (exact) mass is 338 g/mol. The van der Waals surface area contributed by atoms with Gasteiger partial charge in [0.15, 0.2) is 5.78 Å². The molecule has 0 aromatic heterocycles. The Labute approximate surface area is 127 Å². The summed E-state index contributed by atoms with van der Waals surface area (Å²) in [6.07, 6.45) is 1.65. The molecule has 0 atom stereocenters. The van der Waals surface area contributed by atoms with Crippen molar-refractivity contribution in [3.63, 3.8) is 0 Å². The lowest BCUT2D eigenvalue weighted by atomic mass is 9.95. The van der Waals surface area contributed by atoms with Gasteiger partial charge < -0.3 is 5.32 Å². The molecule has 0 aliphatic carbocycles. The van der Waals surface area contributed by atoms with Crippen molar-refractivity contribution in [1.82, 2.24) is 10.2 Å². The maximum absolute atomic E-state index is 12.2. The van der Waals surface area contributed by atoms with Gasteiger partial charge in [-0.15, -0.1) is 0 Å². The average Bonchev–Trinajstić information content (AvgIpc) is 2.48. The third kappa shape index (κ3) is 3.90. The number of hydrogen-bond donors (Lipinski definition) is 1. The molecule has 1 N–H and O–H groups in total. The summed E-state index contributed by atoms with van der Waals surface area (Å²) in [5.74, 6) is 0.346. The quantitative estimate of drug-likeness (QED) is 0.855. The average molecular weight is 339 g/mol. The number of piperidine rings is 1. The first-order valence-corrected chi connectivity index (χ1v) is 7.62. The second-order valence-electron chi connectivity index (χ2n) is 5.09. The Morgan fingerprint density at radius 3 is 2.40 bits per heavy atom. The van der Waals surface area contributed by atoms with E-state index in [1.807, 2.05) is 24.3 Å². The molecular formula is C15H19BrN2O2. The molecule has 1 aliphatic heterocycles. The molecule has 108 valence electrons. The molecule has 0 bridgehead atoms. The van der Waals surface area contributed by atoms with Gasteiger partial charge in [-0.25, -0.2) is 0 Å². The lowest BCUT2D eigenvalue weighted by Crippen LogP contribution is -2.41. The number of hydrogen-bond acceptors (Lipinski definition) is 3. The molecule has 20 heavy (non-hydrogen) atoms. The van der Waals surface area contributed by atoms with E-state index in [0.29, 0.717) is 6.54 Å². The molecule has 1 saturated heterocycles. The van der Waals surface area contributed by atoms with E-state index in [4.69, 9.17) is 0 Å². The van der Waals surface area contributed by atoms with Crippen molar-refractivity contribution in [2.75, 3.05) is 26.7 Å². The van der Waals surface area contributed by atoms with Gasteiger partial charge in [-0.05, 0) is 38.1 Å². The standard InChI is InChI=1S/C15H19BrN2O2/c1-17-15(20)12-6-8-18(9-7-12)10-14(19)11-2-4-13(16)5-3-11/h2-5,12H,6-10H2,1H3,(H,17,20). The molecule has 5 heteroatoms. The molecule has 1 aromatic carbocycles. The third-order valence-electron chi connectivity index (χ3n) is 3.74. The minimum atomic E-state index is 0.0963. The predicted octanol–water partition coefficient (Wildman–Crippen LogP) is 2.09. The van der Waals surface area contributed by atoms with Gasteiger partial charge in [-0.3, -0.25) is 14.5 Å². The highest BCUT2D eigenvalue weighted by Crippen LogP contribution is 2.18. The first-order chi connectivity index (χ1) is 9.60. The van der Waals surface area contributed by atoms with Gasteiger partial charge in [0, 0.05) is 23.0 Å². The molecule has 0 saturated carbocycles. The van der Waals surface area contributed by atoms with Crippen LogP contribution in [0, 0.1) is 5.92 Å². The van der Waals surface area contributed by atoms with E-state index in [2.05, 4.69) is 26.1 Å². The van der Waals surface area contributed by atoms with Crippen molar-refractivity contribution < 1.29 is 9.59 Å². The number of ketones is 1. The Kier molecular flexibility index (Phi) is 5.31. The molecule has 0 radical (unpaired) electrons. The Bertz CT molecular complexity index is 479. The lowest BCUT2D eigenvalue weighted by Gasteiger charge is -2.30. The van der Waals surface area contributed by atoms with E-state index >= 15 is 0 Å². The maximum atomic E-state index is 12.2. The number of carbonyl (C=O) groups is 2. The fourth-order valence-electron chi connectivity index (χ4n) is 2.49. The fraction of sp³-hybridized carbons (Fsp3) is 0.467. The van der Waals surface area contributed by atoms with Crippen LogP contribution in [0.4, 0.5) is 0 Å². The van der Waals surface area contributed by atoms with Gasteiger partial charge in [-0.1, -0.05) is 28.1 Å². The minimum Gasteiger partial charge on any atom is -0.359 e. The SMILES string of the molecule is CNC(=O)C1CCN(CC(=O)c2ccc(Br)cc2)CC1. The summed E-state index contributed by atoms with van der Waals surface area (Å²) < 4.78 is 0.973. The van der Waals surface area contributed by atoms with Crippen LogP contribution in [-0.2, 0) is 4.79 Å². The predicted molar refractivity (Wildman–Crippen MR) is 81.7 cm³/mol. The molecule has 1 aromatic rings. The van der Waals surface area contributed by atoms with Gasteiger partial charge in [0.25, 0.3) is 0 Å². The number of likely N-dealkylation sites (tertiary alicyclic amines) is 1. The van der Waals surface area contributed by atoms with Gasteiger partial charge in [0.1, 0.15) is 0 Å². The molecule has 2 rings (SSSR count). The number of Topliss-reactive ketones (excluding diaryl/α,β-unsaturated/α-hetero) is 1. The number of nitrogens with one attached hydrogen (secondary N) is 1. The van der Waals surface area contributed by atoms with Gasteiger partial charge in [0.05, 0.1) is 6.54 Å². The molecule has 4 nitrogen and oxygen atoms in total. The number of nitrogens with zero attached hydrogens (tertiary/aromatic N) is 1. The topological polar surface area (TPSA) is 49.4 Å². The Hall–Kier alpha value is -1.20. The lowest BCUT2D eigenvalue weighted by molar-refractivity contribution is -0.125. The van der Waals surface area contributed by atoms with Crippen LogP contribution < -0.4 is 5.32 Å². The maximum Gasteiger partial charge on any atom is 0.222 e. The molecule has 0 unspecified atom stereocenters. The van der Waals surface area contributed by atoms with Crippen molar-refractivity contribution in [3.8, 4) is 0 Å². The van der Waals surface area contributed by atoms with E-state index in [1.165, 1.54) is 0 Å². The van der Waals surface area contributed by atoms with Crippen LogP contribution in [0.3, 0.4) is 0 Å². The smallest absolute Gasteiger partial charge is 0.222 e. The summed E-state index contributed by atoms with van der Waals surface area (Å²) in [5.41, 5.74) is 0.738. The second-order valence-corrected chi connectivity index (χ2v) is 6.01.